The van der Waals surface area contributed by atoms with E-state index in [4.69, 9.17) is 15.9 Å². The Morgan fingerprint density at radius 1 is 1.46 bits per heavy atom. The molecule has 0 unspecified atom stereocenters. The van der Waals surface area contributed by atoms with E-state index in [9.17, 15) is 4.79 Å². The van der Waals surface area contributed by atoms with Crippen LogP contribution in [0.5, 0.6) is 0 Å². The highest BCUT2D eigenvalue weighted by atomic mass is 16.5. The molecule has 0 aromatic carbocycles. The first-order valence-corrected chi connectivity index (χ1v) is 4.50. The molecule has 1 fully saturated rings. The molecule has 0 bridgehead atoms. The summed E-state index contributed by atoms with van der Waals surface area (Å²) in [4.78, 5) is 12.3. The van der Waals surface area contributed by atoms with Gasteiger partial charge in [0.1, 0.15) is 0 Å². The van der Waals surface area contributed by atoms with E-state index in [-0.39, 0.29) is 6.03 Å². The van der Waals surface area contributed by atoms with Crippen molar-refractivity contribution >= 4 is 6.03 Å². The van der Waals surface area contributed by atoms with Crippen molar-refractivity contribution < 1.29 is 15.0 Å². The van der Waals surface area contributed by atoms with Gasteiger partial charge in [-0.3, -0.25) is 0 Å². The Morgan fingerprint density at radius 3 is 2.38 bits per heavy atom. The molecule has 0 aromatic rings. The molecule has 13 heavy (non-hydrogen) atoms. The van der Waals surface area contributed by atoms with E-state index in [1.807, 2.05) is 0 Å². The standard InChI is InChI=1S/C8H16N2O3/c9-8(13)10-3-1-6(2-4-10)5-7(11)12/h6-7,11-12H,1-5H2,(H2,9,13). The van der Waals surface area contributed by atoms with E-state index < -0.39 is 6.29 Å². The fourth-order valence-electron chi connectivity index (χ4n) is 1.69. The number of urea groups is 1. The maximum atomic E-state index is 10.7. The van der Waals surface area contributed by atoms with Crippen LogP contribution in [0.2, 0.25) is 0 Å². The van der Waals surface area contributed by atoms with Crippen molar-refractivity contribution in [3.63, 3.8) is 0 Å². The normalized spacial score (nSPS) is 19.5. The van der Waals surface area contributed by atoms with Crippen LogP contribution in [0, 0.1) is 5.92 Å². The molecule has 1 aliphatic rings. The first-order chi connectivity index (χ1) is 6.09. The molecule has 1 heterocycles. The Bertz CT molecular complexity index is 176. The van der Waals surface area contributed by atoms with Gasteiger partial charge < -0.3 is 20.8 Å². The van der Waals surface area contributed by atoms with Gasteiger partial charge in [0.05, 0.1) is 0 Å². The van der Waals surface area contributed by atoms with Gasteiger partial charge in [0.25, 0.3) is 0 Å². The van der Waals surface area contributed by atoms with Crippen LogP contribution in [-0.4, -0.2) is 40.5 Å². The first kappa shape index (κ1) is 10.3. The summed E-state index contributed by atoms with van der Waals surface area (Å²) < 4.78 is 0. The molecule has 4 N–H and O–H groups in total. The number of rotatable bonds is 2. The van der Waals surface area contributed by atoms with E-state index in [0.29, 0.717) is 25.4 Å². The molecule has 0 aromatic heterocycles. The number of aliphatic hydroxyl groups is 2. The Morgan fingerprint density at radius 2 is 2.00 bits per heavy atom. The molecule has 0 spiro atoms. The molecule has 5 nitrogen and oxygen atoms in total. The van der Waals surface area contributed by atoms with Gasteiger partial charge in [0.15, 0.2) is 6.29 Å². The van der Waals surface area contributed by atoms with Crippen molar-refractivity contribution in [2.75, 3.05) is 13.1 Å². The third-order valence-corrected chi connectivity index (χ3v) is 2.47. The summed E-state index contributed by atoms with van der Waals surface area (Å²) in [5.41, 5.74) is 5.10. The third-order valence-electron chi connectivity index (χ3n) is 2.47. The van der Waals surface area contributed by atoms with Gasteiger partial charge >= 0.3 is 6.03 Å². The van der Waals surface area contributed by atoms with Gasteiger partial charge in [-0.05, 0) is 18.8 Å². The van der Waals surface area contributed by atoms with Gasteiger partial charge in [-0.1, -0.05) is 0 Å². The lowest BCUT2D eigenvalue weighted by Gasteiger charge is -2.30. The van der Waals surface area contributed by atoms with E-state index in [1.165, 1.54) is 0 Å². The highest BCUT2D eigenvalue weighted by molar-refractivity contribution is 5.72. The number of piperidine rings is 1. The van der Waals surface area contributed by atoms with Crippen molar-refractivity contribution in [1.29, 1.82) is 0 Å². The predicted molar refractivity (Wildman–Crippen MR) is 46.7 cm³/mol. The van der Waals surface area contributed by atoms with Crippen LogP contribution < -0.4 is 5.73 Å². The Balaban J connectivity index is 2.26. The zero-order valence-corrected chi connectivity index (χ0v) is 7.52. The highest BCUT2D eigenvalue weighted by Gasteiger charge is 2.22. The van der Waals surface area contributed by atoms with Gasteiger partial charge in [0.2, 0.25) is 0 Å². The number of likely N-dealkylation sites (tertiary alicyclic amines) is 1. The van der Waals surface area contributed by atoms with Crippen LogP contribution >= 0.6 is 0 Å². The van der Waals surface area contributed by atoms with Gasteiger partial charge in [-0.15, -0.1) is 0 Å². The minimum atomic E-state index is -1.23. The monoisotopic (exact) mass is 188 g/mol. The SMILES string of the molecule is NC(=O)N1CCC(CC(O)O)CC1. The second-order valence-corrected chi connectivity index (χ2v) is 3.48. The lowest BCUT2D eigenvalue weighted by molar-refractivity contribution is -0.0599. The minimum Gasteiger partial charge on any atom is -0.368 e. The number of hydrogen-bond acceptors (Lipinski definition) is 3. The third kappa shape index (κ3) is 3.20. The number of carbonyl (C=O) groups is 1. The van der Waals surface area contributed by atoms with Crippen LogP contribution in [0.1, 0.15) is 19.3 Å². The predicted octanol–water partition coefficient (Wildman–Crippen LogP) is -0.522. The fourth-order valence-corrected chi connectivity index (χ4v) is 1.69. The fraction of sp³-hybridized carbons (Fsp3) is 0.875. The largest absolute Gasteiger partial charge is 0.368 e. The lowest BCUT2D eigenvalue weighted by Crippen LogP contribution is -2.42. The molecule has 76 valence electrons. The van der Waals surface area contributed by atoms with Crippen LogP contribution in [0.3, 0.4) is 0 Å². The highest BCUT2D eigenvalue weighted by Crippen LogP contribution is 2.20. The van der Waals surface area contributed by atoms with E-state index in [1.54, 1.807) is 4.90 Å². The van der Waals surface area contributed by atoms with E-state index in [0.717, 1.165) is 12.8 Å². The zero-order chi connectivity index (χ0) is 9.84. The second-order valence-electron chi connectivity index (χ2n) is 3.48. The Hall–Kier alpha value is -0.810. The van der Waals surface area contributed by atoms with Crippen molar-refractivity contribution in [3.8, 4) is 0 Å². The number of nitrogens with two attached hydrogens (primary N) is 1. The maximum absolute atomic E-state index is 10.7. The Labute approximate surface area is 77.1 Å². The topological polar surface area (TPSA) is 86.8 Å². The average molecular weight is 188 g/mol. The summed E-state index contributed by atoms with van der Waals surface area (Å²) >= 11 is 0. The van der Waals surface area contributed by atoms with Crippen LogP contribution in [0.4, 0.5) is 4.79 Å². The summed E-state index contributed by atoms with van der Waals surface area (Å²) in [6.45, 7) is 1.26. The van der Waals surface area contributed by atoms with Crippen LogP contribution in [0.25, 0.3) is 0 Å². The van der Waals surface area contributed by atoms with Gasteiger partial charge in [-0.2, -0.15) is 0 Å². The molecular weight excluding hydrogens is 172 g/mol. The molecule has 0 saturated carbocycles. The summed E-state index contributed by atoms with van der Waals surface area (Å²) in [6.07, 6.45) is 0.776. The van der Waals surface area contributed by atoms with Crippen molar-refractivity contribution in [2.24, 2.45) is 11.7 Å². The number of hydrogen-bond donors (Lipinski definition) is 3. The number of amides is 2. The summed E-state index contributed by atoms with van der Waals surface area (Å²) in [5, 5.41) is 17.5. The number of carbonyl (C=O) groups excluding carboxylic acids is 1. The quantitative estimate of drug-likeness (QED) is 0.509. The molecule has 0 atom stereocenters. The second kappa shape index (κ2) is 4.43. The first-order valence-electron chi connectivity index (χ1n) is 4.50. The summed E-state index contributed by atoms with van der Waals surface area (Å²) in [5.74, 6) is 0.301. The molecule has 1 rings (SSSR count). The van der Waals surface area contributed by atoms with Crippen LogP contribution in [0.15, 0.2) is 0 Å². The number of primary amides is 1. The maximum Gasteiger partial charge on any atom is 0.314 e. The van der Waals surface area contributed by atoms with Crippen LogP contribution in [-0.2, 0) is 0 Å². The summed E-state index contributed by atoms with van der Waals surface area (Å²) in [6, 6.07) is -0.386. The number of aliphatic hydroxyl groups excluding tert-OH is 1. The molecule has 2 amide bonds. The molecule has 1 saturated heterocycles. The molecule has 0 radical (unpaired) electrons. The van der Waals surface area contributed by atoms with E-state index >= 15 is 0 Å². The zero-order valence-electron chi connectivity index (χ0n) is 7.52. The van der Waals surface area contributed by atoms with Gasteiger partial charge in [0, 0.05) is 19.5 Å². The molecule has 5 heteroatoms. The molecular formula is C8H16N2O3. The van der Waals surface area contributed by atoms with Crippen molar-refractivity contribution in [2.45, 2.75) is 25.6 Å². The minimum absolute atomic E-state index is 0.301. The smallest absolute Gasteiger partial charge is 0.314 e. The van der Waals surface area contributed by atoms with E-state index in [2.05, 4.69) is 0 Å². The summed E-state index contributed by atoms with van der Waals surface area (Å²) in [7, 11) is 0. The Kier molecular flexibility index (Phi) is 3.50. The molecule has 1 aliphatic heterocycles. The average Bonchev–Trinajstić information content (AvgIpc) is 2.04. The molecule has 0 aliphatic carbocycles. The lowest BCUT2D eigenvalue weighted by atomic mass is 9.93. The van der Waals surface area contributed by atoms with Crippen molar-refractivity contribution in [1.82, 2.24) is 4.90 Å². The van der Waals surface area contributed by atoms with Gasteiger partial charge in [-0.25, -0.2) is 4.79 Å². The van der Waals surface area contributed by atoms with Crippen molar-refractivity contribution in [3.05, 3.63) is 0 Å². The number of nitrogens with zero attached hydrogens (tertiary/aromatic N) is 1.